The van der Waals surface area contributed by atoms with Crippen molar-refractivity contribution in [3.05, 3.63) is 113 Å². The maximum absolute atomic E-state index is 13.8. The normalized spacial score (nSPS) is 12.6. The number of imide groups is 1. The topological polar surface area (TPSA) is 109 Å². The van der Waals surface area contributed by atoms with E-state index in [9.17, 15) is 19.6 Å². The molecule has 1 aliphatic rings. The van der Waals surface area contributed by atoms with Gasteiger partial charge in [-0.3, -0.25) is 14.4 Å². The number of nitrogens with one attached hydrogen (secondary N) is 1. The van der Waals surface area contributed by atoms with Crippen LogP contribution < -0.4 is 15.0 Å². The molecule has 0 aliphatic carbocycles. The summed E-state index contributed by atoms with van der Waals surface area (Å²) >= 11 is 0. The third kappa shape index (κ3) is 6.32. The molecule has 0 spiro atoms. The van der Waals surface area contributed by atoms with Gasteiger partial charge in [-0.15, -0.1) is 0 Å². The van der Waals surface area contributed by atoms with Gasteiger partial charge in [0.25, 0.3) is 11.8 Å². The molecule has 2 amide bonds. The minimum Gasteiger partial charge on any atom is -0.459 e. The Bertz CT molecular complexity index is 1770. The van der Waals surface area contributed by atoms with Gasteiger partial charge in [0.05, 0.1) is 35.0 Å². The first-order chi connectivity index (χ1) is 20.6. The molecule has 8 nitrogen and oxygen atoms in total. The predicted octanol–water partition coefficient (Wildman–Crippen LogP) is 6.56. The van der Waals surface area contributed by atoms with Gasteiger partial charge < -0.3 is 14.8 Å². The van der Waals surface area contributed by atoms with E-state index in [-0.39, 0.29) is 24.2 Å². The maximum atomic E-state index is 13.8. The van der Waals surface area contributed by atoms with Crippen molar-refractivity contribution in [1.29, 1.82) is 5.26 Å². The van der Waals surface area contributed by atoms with E-state index in [1.165, 1.54) is 4.90 Å². The highest BCUT2D eigenvalue weighted by atomic mass is 16.6. The second-order valence-corrected chi connectivity index (χ2v) is 11.2. The summed E-state index contributed by atoms with van der Waals surface area (Å²) in [5.41, 5.74) is 3.98. The number of ether oxygens (including phenoxy) is 2. The van der Waals surface area contributed by atoms with Crippen LogP contribution in [0.25, 0.3) is 11.1 Å². The zero-order chi connectivity index (χ0) is 30.7. The van der Waals surface area contributed by atoms with Gasteiger partial charge in [0.2, 0.25) is 0 Å². The van der Waals surface area contributed by atoms with Crippen molar-refractivity contribution in [1.82, 2.24) is 5.32 Å². The predicted molar refractivity (Wildman–Crippen MR) is 163 cm³/mol. The summed E-state index contributed by atoms with van der Waals surface area (Å²) < 4.78 is 11.5. The van der Waals surface area contributed by atoms with Crippen molar-refractivity contribution in [2.45, 2.75) is 39.8 Å². The smallest absolute Gasteiger partial charge is 0.320 e. The maximum Gasteiger partial charge on any atom is 0.320 e. The fraction of sp³-hybridized carbons (Fsp3) is 0.200. The van der Waals surface area contributed by atoms with E-state index >= 15 is 0 Å². The Labute approximate surface area is 250 Å². The van der Waals surface area contributed by atoms with Gasteiger partial charge in [0.1, 0.15) is 17.1 Å². The number of esters is 1. The van der Waals surface area contributed by atoms with Crippen LogP contribution in [0.3, 0.4) is 0 Å². The molecular weight excluding hydrogens is 542 g/mol. The Morgan fingerprint density at radius 2 is 1.58 bits per heavy atom. The van der Waals surface area contributed by atoms with E-state index in [0.717, 1.165) is 16.7 Å². The standard InChI is InChI=1S/C35H31N3O5/c1-22-27(24-11-6-5-7-12-24)14-9-15-30(22)38-33(40)28-17-25(20-37-21-32(39)43-35(2,3)4)31(18-29(28)34(38)41)42-26-13-8-10-23(16-26)19-36/h5-18,37H,20-21H2,1-4H3. The Hall–Kier alpha value is -5.26. The molecule has 0 aromatic heterocycles. The highest BCUT2D eigenvalue weighted by Crippen LogP contribution is 2.38. The molecule has 0 bridgehead atoms. The molecule has 0 saturated heterocycles. The number of carbonyl (C=O) groups is 3. The highest BCUT2D eigenvalue weighted by Gasteiger charge is 2.39. The molecule has 1 heterocycles. The van der Waals surface area contributed by atoms with Crippen LogP contribution >= 0.6 is 0 Å². The number of rotatable bonds is 8. The SMILES string of the molecule is Cc1c(-c2ccccc2)cccc1N1C(=O)c2cc(CNCC(=O)OC(C)(C)C)c(Oc3cccc(C#N)c3)cc2C1=O. The minimum absolute atomic E-state index is 0.0673. The molecule has 0 saturated carbocycles. The Morgan fingerprint density at radius 1 is 0.884 bits per heavy atom. The van der Waals surface area contributed by atoms with E-state index < -0.39 is 23.4 Å². The van der Waals surface area contributed by atoms with E-state index in [1.807, 2.05) is 49.4 Å². The molecule has 0 atom stereocenters. The zero-order valence-electron chi connectivity index (χ0n) is 24.4. The van der Waals surface area contributed by atoms with Crippen molar-refractivity contribution >= 4 is 23.5 Å². The van der Waals surface area contributed by atoms with Gasteiger partial charge in [-0.1, -0.05) is 48.5 Å². The number of benzene rings is 4. The van der Waals surface area contributed by atoms with Gasteiger partial charge in [-0.05, 0) is 80.8 Å². The third-order valence-corrected chi connectivity index (χ3v) is 6.89. The van der Waals surface area contributed by atoms with Gasteiger partial charge in [-0.2, -0.15) is 5.26 Å². The van der Waals surface area contributed by atoms with Crippen molar-refractivity contribution in [3.63, 3.8) is 0 Å². The molecule has 0 fully saturated rings. The molecule has 5 rings (SSSR count). The second kappa shape index (κ2) is 11.9. The number of carbonyl (C=O) groups excluding carboxylic acids is 3. The number of hydrogen-bond acceptors (Lipinski definition) is 7. The van der Waals surface area contributed by atoms with E-state index in [0.29, 0.717) is 28.3 Å². The summed E-state index contributed by atoms with van der Waals surface area (Å²) in [6.07, 6.45) is 0. The lowest BCUT2D eigenvalue weighted by Crippen LogP contribution is -2.31. The molecule has 1 N–H and O–H groups in total. The lowest BCUT2D eigenvalue weighted by Gasteiger charge is -2.19. The van der Waals surface area contributed by atoms with Crippen LogP contribution in [0.1, 0.15) is 58.2 Å². The number of amides is 2. The molecule has 43 heavy (non-hydrogen) atoms. The molecule has 1 aliphatic heterocycles. The third-order valence-electron chi connectivity index (χ3n) is 6.89. The van der Waals surface area contributed by atoms with Crippen LogP contribution in [0, 0.1) is 18.3 Å². The van der Waals surface area contributed by atoms with Crippen molar-refractivity contribution in [2.75, 3.05) is 11.4 Å². The Morgan fingerprint density at radius 3 is 2.28 bits per heavy atom. The summed E-state index contributed by atoms with van der Waals surface area (Å²) in [5, 5.41) is 12.4. The fourth-order valence-electron chi connectivity index (χ4n) is 4.99. The number of nitrogens with zero attached hydrogens (tertiary/aromatic N) is 2. The summed E-state index contributed by atoms with van der Waals surface area (Å²) in [4.78, 5) is 41.1. The molecule has 216 valence electrons. The minimum atomic E-state index is -0.626. The quantitative estimate of drug-likeness (QED) is 0.188. The highest BCUT2D eigenvalue weighted by molar-refractivity contribution is 6.35. The number of fused-ring (bicyclic) bond motifs is 1. The molecule has 0 unspecified atom stereocenters. The van der Waals surface area contributed by atoms with E-state index in [1.54, 1.807) is 63.2 Å². The van der Waals surface area contributed by atoms with Gasteiger partial charge >= 0.3 is 5.97 Å². The van der Waals surface area contributed by atoms with Crippen LogP contribution in [0.15, 0.2) is 84.9 Å². The zero-order valence-corrected chi connectivity index (χ0v) is 24.4. The van der Waals surface area contributed by atoms with E-state index in [2.05, 4.69) is 11.4 Å². The van der Waals surface area contributed by atoms with Gasteiger partial charge in [0.15, 0.2) is 0 Å². The Balaban J connectivity index is 1.50. The molecule has 4 aromatic rings. The number of hydrogen-bond donors (Lipinski definition) is 1. The summed E-state index contributed by atoms with van der Waals surface area (Å²) in [7, 11) is 0. The van der Waals surface area contributed by atoms with Gasteiger partial charge in [0, 0.05) is 12.1 Å². The summed E-state index contributed by atoms with van der Waals surface area (Å²) in [5.74, 6) is -0.614. The molecule has 4 aromatic carbocycles. The average Bonchev–Trinajstić information content (AvgIpc) is 3.21. The van der Waals surface area contributed by atoms with Crippen molar-refractivity contribution < 1.29 is 23.9 Å². The van der Waals surface area contributed by atoms with Crippen molar-refractivity contribution in [2.24, 2.45) is 0 Å². The molecular formula is C35H31N3O5. The second-order valence-electron chi connectivity index (χ2n) is 11.2. The molecule has 0 radical (unpaired) electrons. The van der Waals surface area contributed by atoms with Gasteiger partial charge in [-0.25, -0.2) is 4.90 Å². The monoisotopic (exact) mass is 573 g/mol. The summed E-state index contributed by atoms with van der Waals surface area (Å²) in [6.45, 7) is 7.35. The largest absolute Gasteiger partial charge is 0.459 e. The van der Waals surface area contributed by atoms with Crippen LogP contribution in [0.2, 0.25) is 0 Å². The first-order valence-electron chi connectivity index (χ1n) is 13.9. The first kappa shape index (κ1) is 29.2. The number of anilines is 1. The lowest BCUT2D eigenvalue weighted by molar-refractivity contribution is -0.153. The summed E-state index contributed by atoms with van der Waals surface area (Å²) in [6, 6.07) is 27.2. The van der Waals surface area contributed by atoms with Crippen molar-refractivity contribution in [3.8, 4) is 28.7 Å². The first-order valence-corrected chi connectivity index (χ1v) is 13.9. The van der Waals surface area contributed by atoms with Crippen LogP contribution in [-0.4, -0.2) is 29.9 Å². The van der Waals surface area contributed by atoms with Crippen LogP contribution in [0.5, 0.6) is 11.5 Å². The number of nitriles is 1. The molecule has 8 heteroatoms. The van der Waals surface area contributed by atoms with Crippen LogP contribution in [-0.2, 0) is 16.1 Å². The fourth-order valence-corrected chi connectivity index (χ4v) is 4.99. The average molecular weight is 574 g/mol. The van der Waals surface area contributed by atoms with Crippen LogP contribution in [0.4, 0.5) is 5.69 Å². The Kier molecular flexibility index (Phi) is 8.11. The lowest BCUT2D eigenvalue weighted by atomic mass is 9.99. The van der Waals surface area contributed by atoms with E-state index in [4.69, 9.17) is 9.47 Å².